The first-order valence-corrected chi connectivity index (χ1v) is 11.4. The van der Waals surface area contributed by atoms with Gasteiger partial charge in [0.05, 0.1) is 27.8 Å². The first-order valence-electron chi connectivity index (χ1n) is 9.50. The van der Waals surface area contributed by atoms with Gasteiger partial charge in [-0.25, -0.2) is 4.98 Å². The molecule has 4 aromatic rings. The second-order valence-corrected chi connectivity index (χ2v) is 9.05. The van der Waals surface area contributed by atoms with E-state index in [0.29, 0.717) is 12.3 Å². The van der Waals surface area contributed by atoms with Crippen LogP contribution in [0.2, 0.25) is 0 Å². The lowest BCUT2D eigenvalue weighted by molar-refractivity contribution is -0.127. The van der Waals surface area contributed by atoms with Crippen LogP contribution in [-0.4, -0.2) is 28.6 Å². The molecule has 0 fully saturated rings. The van der Waals surface area contributed by atoms with Crippen molar-refractivity contribution in [2.45, 2.75) is 11.8 Å². The highest BCUT2D eigenvalue weighted by Gasteiger charge is 2.18. The molecule has 1 aromatic heterocycles. The standard InChI is InChI=1S/C24H22N2OS2/c1-26(16-22-25-20-14-8-9-15-21(20)29-22)23(27)17-28-24(18-10-4-2-5-11-18)19-12-6-3-7-13-19/h2-15,24H,16-17H2,1H3. The number of carbonyl (C=O) groups excluding carboxylic acids is 1. The molecule has 0 radical (unpaired) electrons. The van der Waals surface area contributed by atoms with Crippen molar-refractivity contribution in [3.8, 4) is 0 Å². The summed E-state index contributed by atoms with van der Waals surface area (Å²) in [6, 6.07) is 28.8. The average Bonchev–Trinajstić information content (AvgIpc) is 3.17. The summed E-state index contributed by atoms with van der Waals surface area (Å²) in [6.45, 7) is 0.542. The molecule has 0 N–H and O–H groups in total. The molecule has 29 heavy (non-hydrogen) atoms. The van der Waals surface area contributed by atoms with Crippen LogP contribution < -0.4 is 0 Å². The Hall–Kier alpha value is -2.63. The van der Waals surface area contributed by atoms with Gasteiger partial charge in [-0.3, -0.25) is 4.79 Å². The molecule has 3 aromatic carbocycles. The molecular weight excluding hydrogens is 396 g/mol. The van der Waals surface area contributed by atoms with E-state index in [2.05, 4.69) is 35.3 Å². The Labute approximate surface area is 179 Å². The Morgan fingerprint density at radius 3 is 2.14 bits per heavy atom. The van der Waals surface area contributed by atoms with Gasteiger partial charge in [-0.05, 0) is 23.3 Å². The van der Waals surface area contributed by atoms with E-state index in [1.165, 1.54) is 11.1 Å². The zero-order valence-electron chi connectivity index (χ0n) is 16.2. The van der Waals surface area contributed by atoms with Gasteiger partial charge < -0.3 is 4.90 Å². The lowest BCUT2D eigenvalue weighted by atomic mass is 10.0. The van der Waals surface area contributed by atoms with Crippen molar-refractivity contribution in [2.24, 2.45) is 0 Å². The average molecular weight is 419 g/mol. The highest BCUT2D eigenvalue weighted by Crippen LogP contribution is 2.35. The summed E-state index contributed by atoms with van der Waals surface area (Å²) in [5.41, 5.74) is 3.42. The van der Waals surface area contributed by atoms with Crippen molar-refractivity contribution in [2.75, 3.05) is 12.8 Å². The van der Waals surface area contributed by atoms with Gasteiger partial charge in [0.15, 0.2) is 0 Å². The number of nitrogens with zero attached hydrogens (tertiary/aromatic N) is 2. The fourth-order valence-corrected chi connectivity index (χ4v) is 5.43. The summed E-state index contributed by atoms with van der Waals surface area (Å²) in [5, 5.41) is 1.10. The van der Waals surface area contributed by atoms with Gasteiger partial charge in [-0.2, -0.15) is 0 Å². The molecule has 1 amide bonds. The Bertz CT molecular complexity index is 1010. The maximum atomic E-state index is 12.8. The molecule has 5 heteroatoms. The third-order valence-electron chi connectivity index (χ3n) is 4.71. The van der Waals surface area contributed by atoms with Gasteiger partial charge in [-0.15, -0.1) is 23.1 Å². The van der Waals surface area contributed by atoms with Crippen LogP contribution in [0.5, 0.6) is 0 Å². The van der Waals surface area contributed by atoms with Crippen molar-refractivity contribution in [3.63, 3.8) is 0 Å². The van der Waals surface area contributed by atoms with Crippen LogP contribution in [0.4, 0.5) is 0 Å². The van der Waals surface area contributed by atoms with Crippen molar-refractivity contribution in [3.05, 3.63) is 101 Å². The molecule has 4 rings (SSSR count). The molecule has 0 aliphatic rings. The molecule has 0 atom stereocenters. The predicted octanol–water partition coefficient (Wildman–Crippen LogP) is 5.78. The number of thioether (sulfide) groups is 1. The number of carbonyl (C=O) groups is 1. The summed E-state index contributed by atoms with van der Waals surface area (Å²) in [6.07, 6.45) is 0. The van der Waals surface area contributed by atoms with E-state index < -0.39 is 0 Å². The minimum atomic E-state index is 0.117. The van der Waals surface area contributed by atoms with Gasteiger partial charge in [0.1, 0.15) is 5.01 Å². The van der Waals surface area contributed by atoms with E-state index in [4.69, 9.17) is 0 Å². The molecule has 146 valence electrons. The van der Waals surface area contributed by atoms with Crippen LogP contribution >= 0.6 is 23.1 Å². The number of aromatic nitrogens is 1. The van der Waals surface area contributed by atoms with E-state index in [1.54, 1.807) is 28.0 Å². The second kappa shape index (κ2) is 9.25. The number of hydrogen-bond acceptors (Lipinski definition) is 4. The maximum absolute atomic E-state index is 12.8. The SMILES string of the molecule is CN(Cc1nc2ccccc2s1)C(=O)CSC(c1ccccc1)c1ccccc1. The van der Waals surface area contributed by atoms with Crippen LogP contribution in [-0.2, 0) is 11.3 Å². The Morgan fingerprint density at radius 2 is 1.52 bits per heavy atom. The van der Waals surface area contributed by atoms with Crippen molar-refractivity contribution >= 4 is 39.2 Å². The molecule has 0 aliphatic heterocycles. The lowest BCUT2D eigenvalue weighted by Gasteiger charge is -2.20. The third-order valence-corrected chi connectivity index (χ3v) is 7.03. The van der Waals surface area contributed by atoms with Crippen molar-refractivity contribution in [1.29, 1.82) is 0 Å². The van der Waals surface area contributed by atoms with E-state index in [0.717, 1.165) is 15.2 Å². The van der Waals surface area contributed by atoms with Crippen molar-refractivity contribution < 1.29 is 4.79 Å². The summed E-state index contributed by atoms with van der Waals surface area (Å²) < 4.78 is 1.16. The summed E-state index contributed by atoms with van der Waals surface area (Å²) >= 11 is 3.32. The van der Waals surface area contributed by atoms with Crippen LogP contribution in [0.25, 0.3) is 10.2 Å². The first-order chi connectivity index (χ1) is 14.2. The largest absolute Gasteiger partial charge is 0.338 e. The minimum absolute atomic E-state index is 0.117. The van der Waals surface area contributed by atoms with Crippen LogP contribution in [0.3, 0.4) is 0 Å². The number of hydrogen-bond donors (Lipinski definition) is 0. The highest BCUT2D eigenvalue weighted by molar-refractivity contribution is 8.00. The molecule has 0 spiro atoms. The molecule has 3 nitrogen and oxygen atoms in total. The number of benzene rings is 3. The fraction of sp³-hybridized carbons (Fsp3) is 0.167. The Morgan fingerprint density at radius 1 is 0.931 bits per heavy atom. The minimum Gasteiger partial charge on any atom is -0.338 e. The molecule has 0 saturated heterocycles. The zero-order valence-corrected chi connectivity index (χ0v) is 17.8. The van der Waals surface area contributed by atoms with E-state index in [1.807, 2.05) is 61.6 Å². The predicted molar refractivity (Wildman–Crippen MR) is 123 cm³/mol. The smallest absolute Gasteiger partial charge is 0.232 e. The normalized spacial score (nSPS) is 11.1. The Balaban J connectivity index is 1.43. The van der Waals surface area contributed by atoms with Gasteiger partial charge >= 0.3 is 0 Å². The van der Waals surface area contributed by atoms with E-state index >= 15 is 0 Å². The number of rotatable bonds is 7. The molecule has 0 unspecified atom stereocenters. The van der Waals surface area contributed by atoms with Gasteiger partial charge in [0.25, 0.3) is 0 Å². The molecule has 0 bridgehead atoms. The summed E-state index contributed by atoms with van der Waals surface area (Å²) in [7, 11) is 1.86. The Kier molecular flexibility index (Phi) is 6.27. The highest BCUT2D eigenvalue weighted by atomic mass is 32.2. The van der Waals surface area contributed by atoms with Crippen molar-refractivity contribution in [1.82, 2.24) is 9.88 Å². The van der Waals surface area contributed by atoms with Crippen LogP contribution in [0, 0.1) is 0 Å². The number of amides is 1. The van der Waals surface area contributed by atoms with Gasteiger partial charge in [0.2, 0.25) is 5.91 Å². The maximum Gasteiger partial charge on any atom is 0.232 e. The monoisotopic (exact) mass is 418 g/mol. The van der Waals surface area contributed by atoms with E-state index in [-0.39, 0.29) is 11.2 Å². The fourth-order valence-electron chi connectivity index (χ4n) is 3.18. The van der Waals surface area contributed by atoms with Gasteiger partial charge in [-0.1, -0.05) is 72.8 Å². The number of thiazole rings is 1. The molecular formula is C24H22N2OS2. The zero-order chi connectivity index (χ0) is 20.1. The summed E-state index contributed by atoms with van der Waals surface area (Å²) in [5.74, 6) is 0.543. The second-order valence-electron chi connectivity index (χ2n) is 6.84. The van der Waals surface area contributed by atoms with Crippen LogP contribution in [0.1, 0.15) is 21.4 Å². The third kappa shape index (κ3) is 4.86. The lowest BCUT2D eigenvalue weighted by Crippen LogP contribution is -2.28. The topological polar surface area (TPSA) is 33.2 Å². The molecule has 1 heterocycles. The first kappa shape index (κ1) is 19.7. The van der Waals surface area contributed by atoms with E-state index in [9.17, 15) is 4.79 Å². The van der Waals surface area contributed by atoms with Gasteiger partial charge in [0, 0.05) is 7.05 Å². The number of para-hydroxylation sites is 1. The quantitative estimate of drug-likeness (QED) is 0.382. The number of fused-ring (bicyclic) bond motifs is 1. The molecule has 0 aliphatic carbocycles. The van der Waals surface area contributed by atoms with Crippen LogP contribution in [0.15, 0.2) is 84.9 Å². The summed E-state index contributed by atoms with van der Waals surface area (Å²) in [4.78, 5) is 19.2. The molecule has 0 saturated carbocycles.